The van der Waals surface area contributed by atoms with E-state index in [1.54, 1.807) is 0 Å². The first-order valence-corrected chi connectivity index (χ1v) is 11.4. The number of aromatic nitrogens is 3. The van der Waals surface area contributed by atoms with Crippen molar-refractivity contribution < 1.29 is 26.6 Å². The Morgan fingerprint density at radius 3 is 2.12 bits per heavy atom. The summed E-state index contributed by atoms with van der Waals surface area (Å²) in [7, 11) is -6.00. The summed E-state index contributed by atoms with van der Waals surface area (Å²) in [5, 5.41) is 4.94. The molecule has 9 heteroatoms. The second-order valence-corrected chi connectivity index (χ2v) is 8.06. The van der Waals surface area contributed by atoms with Crippen LogP contribution >= 0.6 is 0 Å². The number of rotatable bonds is 6. The van der Waals surface area contributed by atoms with Gasteiger partial charge in [0.15, 0.2) is 0 Å². The van der Waals surface area contributed by atoms with Crippen molar-refractivity contribution in [2.75, 3.05) is 6.61 Å². The lowest BCUT2D eigenvalue weighted by Gasteiger charge is -2.19. The summed E-state index contributed by atoms with van der Waals surface area (Å²) in [5.41, 5.74) is 6.74. The summed E-state index contributed by atoms with van der Waals surface area (Å²) in [5.74, 6) is 1.01. The van der Waals surface area contributed by atoms with Crippen LogP contribution in [0, 0.1) is 0 Å². The molecule has 1 aliphatic heterocycles. The van der Waals surface area contributed by atoms with E-state index < -0.39 is 7.25 Å². The van der Waals surface area contributed by atoms with Crippen molar-refractivity contribution in [1.29, 1.82) is 0 Å². The molecule has 0 unspecified atom stereocenters. The second kappa shape index (κ2) is 11.0. The van der Waals surface area contributed by atoms with E-state index in [1.807, 2.05) is 0 Å². The quantitative estimate of drug-likeness (QED) is 0.276. The van der Waals surface area contributed by atoms with Gasteiger partial charge < -0.3 is 22.0 Å². The van der Waals surface area contributed by atoms with Crippen LogP contribution < -0.4 is 4.57 Å². The van der Waals surface area contributed by atoms with Crippen LogP contribution in [0.15, 0.2) is 48.8 Å². The van der Waals surface area contributed by atoms with Gasteiger partial charge in [0.25, 0.3) is 0 Å². The fraction of sp³-hybridized carbons (Fsp3) is 0.417. The molecule has 0 bridgehead atoms. The Balaban J connectivity index is 0.000000555. The first-order chi connectivity index (χ1) is 15.7. The summed E-state index contributed by atoms with van der Waals surface area (Å²) in [6.07, 6.45) is 6.23. The Labute approximate surface area is 192 Å². The monoisotopic (exact) mass is 463 g/mol. The van der Waals surface area contributed by atoms with Gasteiger partial charge in [-0.1, -0.05) is 67.9 Å². The van der Waals surface area contributed by atoms with E-state index in [9.17, 15) is 17.3 Å². The third kappa shape index (κ3) is 6.66. The standard InChI is InChI=1S/C24H30N3O.BF4/c1-4-18-12-20(5-2)24(21(6-3)13-18)27-17-26-22(15-28-16-23(26)25-27)14-19-10-8-7-9-11-19;2-1(3,4)5/h7-13,17,22H,4-6,14-16H2,1-3H3;/q+1;-1/t22-;/m0./s1. The maximum Gasteiger partial charge on any atom is 0.673 e. The van der Waals surface area contributed by atoms with Gasteiger partial charge in [-0.25, -0.2) is 4.57 Å². The Morgan fingerprint density at radius 1 is 0.970 bits per heavy atom. The van der Waals surface area contributed by atoms with E-state index in [2.05, 4.69) is 78.8 Å². The van der Waals surface area contributed by atoms with Crippen LogP contribution in [0.2, 0.25) is 0 Å². The minimum atomic E-state index is -6.00. The molecular formula is C24H30BF4N3O. The third-order valence-electron chi connectivity index (χ3n) is 5.73. The molecule has 0 saturated carbocycles. The van der Waals surface area contributed by atoms with Gasteiger partial charge in [0.1, 0.15) is 18.3 Å². The molecule has 0 radical (unpaired) electrons. The van der Waals surface area contributed by atoms with Crippen molar-refractivity contribution in [2.24, 2.45) is 0 Å². The fourth-order valence-corrected chi connectivity index (χ4v) is 4.18. The Kier molecular flexibility index (Phi) is 8.29. The van der Waals surface area contributed by atoms with Crippen LogP contribution in [0.5, 0.6) is 0 Å². The van der Waals surface area contributed by atoms with Gasteiger partial charge in [-0.05, 0) is 41.5 Å². The molecule has 1 aliphatic rings. The van der Waals surface area contributed by atoms with Crippen LogP contribution in [0.1, 0.15) is 54.9 Å². The number of aryl methyl sites for hydroxylation is 3. The predicted octanol–water partition coefficient (Wildman–Crippen LogP) is 5.46. The Morgan fingerprint density at radius 2 is 1.58 bits per heavy atom. The van der Waals surface area contributed by atoms with Crippen molar-refractivity contribution in [2.45, 2.75) is 59.1 Å². The number of halogens is 4. The number of hydrogen-bond donors (Lipinski definition) is 0. The Hall–Kier alpha value is -2.68. The van der Waals surface area contributed by atoms with Crippen LogP contribution in [-0.4, -0.2) is 23.6 Å². The van der Waals surface area contributed by atoms with E-state index in [0.717, 1.165) is 38.1 Å². The van der Waals surface area contributed by atoms with Crippen molar-refractivity contribution >= 4 is 7.25 Å². The highest BCUT2D eigenvalue weighted by atomic mass is 19.5. The lowest BCUT2D eigenvalue weighted by atomic mass is 9.98. The van der Waals surface area contributed by atoms with Gasteiger partial charge in [0.2, 0.25) is 6.33 Å². The topological polar surface area (TPSA) is 30.9 Å². The molecule has 33 heavy (non-hydrogen) atoms. The van der Waals surface area contributed by atoms with Crippen LogP contribution in [0.3, 0.4) is 0 Å². The van der Waals surface area contributed by atoms with E-state index in [4.69, 9.17) is 9.84 Å². The van der Waals surface area contributed by atoms with Gasteiger partial charge >= 0.3 is 13.1 Å². The first kappa shape index (κ1) is 25.0. The second-order valence-electron chi connectivity index (χ2n) is 8.06. The molecule has 2 heterocycles. The normalized spacial score (nSPS) is 15.5. The number of ether oxygens (including phenoxy) is 1. The highest BCUT2D eigenvalue weighted by molar-refractivity contribution is 6.50. The highest BCUT2D eigenvalue weighted by Gasteiger charge is 2.31. The number of nitrogens with zero attached hydrogens (tertiary/aromatic N) is 3. The van der Waals surface area contributed by atoms with Gasteiger partial charge in [-0.2, -0.15) is 0 Å². The van der Waals surface area contributed by atoms with Gasteiger partial charge in [-0.15, -0.1) is 0 Å². The third-order valence-corrected chi connectivity index (χ3v) is 5.73. The summed E-state index contributed by atoms with van der Waals surface area (Å²) in [6.45, 7) is 8.00. The first-order valence-electron chi connectivity index (χ1n) is 11.4. The minimum absolute atomic E-state index is 0.282. The molecule has 1 aromatic heterocycles. The van der Waals surface area contributed by atoms with Crippen molar-refractivity contribution in [3.63, 3.8) is 0 Å². The van der Waals surface area contributed by atoms with Crippen molar-refractivity contribution in [3.05, 3.63) is 76.9 Å². The molecule has 1 atom stereocenters. The highest BCUT2D eigenvalue weighted by Crippen LogP contribution is 2.24. The number of fused-ring (bicyclic) bond motifs is 1. The molecule has 4 rings (SSSR count). The average Bonchev–Trinajstić information content (AvgIpc) is 3.22. The fourth-order valence-electron chi connectivity index (χ4n) is 4.18. The minimum Gasteiger partial charge on any atom is -0.418 e. The molecular weight excluding hydrogens is 433 g/mol. The van der Waals surface area contributed by atoms with E-state index in [0.29, 0.717) is 6.61 Å². The van der Waals surface area contributed by atoms with Crippen LogP contribution in [-0.2, 0) is 37.0 Å². The Bertz CT molecular complexity index is 1020. The lowest BCUT2D eigenvalue weighted by molar-refractivity contribution is -0.742. The van der Waals surface area contributed by atoms with Crippen molar-refractivity contribution in [3.8, 4) is 5.69 Å². The van der Waals surface area contributed by atoms with Gasteiger partial charge in [0.05, 0.1) is 6.61 Å². The predicted molar refractivity (Wildman–Crippen MR) is 121 cm³/mol. The number of benzene rings is 2. The molecule has 3 aromatic rings. The maximum atomic E-state index is 9.75. The molecule has 4 nitrogen and oxygen atoms in total. The zero-order valence-corrected chi connectivity index (χ0v) is 19.3. The molecule has 0 N–H and O–H groups in total. The molecule has 0 fully saturated rings. The van der Waals surface area contributed by atoms with Crippen LogP contribution in [0.4, 0.5) is 17.3 Å². The van der Waals surface area contributed by atoms with E-state index in [1.165, 1.54) is 27.9 Å². The van der Waals surface area contributed by atoms with Gasteiger partial charge in [0, 0.05) is 11.5 Å². The van der Waals surface area contributed by atoms with Crippen LogP contribution in [0.25, 0.3) is 5.69 Å². The summed E-state index contributed by atoms with van der Waals surface area (Å²) in [6, 6.07) is 15.6. The lowest BCUT2D eigenvalue weighted by Crippen LogP contribution is -2.48. The summed E-state index contributed by atoms with van der Waals surface area (Å²) in [4.78, 5) is 0. The zero-order chi connectivity index (χ0) is 24.0. The largest absolute Gasteiger partial charge is 0.673 e. The number of hydrogen-bond acceptors (Lipinski definition) is 2. The van der Waals surface area contributed by atoms with E-state index in [-0.39, 0.29) is 6.04 Å². The van der Waals surface area contributed by atoms with Crippen molar-refractivity contribution in [1.82, 2.24) is 9.78 Å². The summed E-state index contributed by atoms with van der Waals surface area (Å²) >= 11 is 0. The van der Waals surface area contributed by atoms with Gasteiger partial charge in [-0.3, -0.25) is 0 Å². The SMILES string of the molecule is CCc1cc(CC)c(-n2c[n+]3c(n2)COC[C@@H]3Cc2ccccc2)c(CC)c1.F[B-](F)(F)F. The van der Waals surface area contributed by atoms with E-state index >= 15 is 0 Å². The molecule has 0 saturated heterocycles. The molecule has 0 spiro atoms. The zero-order valence-electron chi connectivity index (χ0n) is 19.3. The molecule has 178 valence electrons. The molecule has 0 amide bonds. The molecule has 0 aliphatic carbocycles. The molecule has 2 aromatic carbocycles. The summed E-state index contributed by atoms with van der Waals surface area (Å²) < 4.78 is 49.3. The maximum absolute atomic E-state index is 9.75. The average molecular weight is 463 g/mol. The smallest absolute Gasteiger partial charge is 0.418 e.